The number of hydrogen-bond acceptors (Lipinski definition) is 2. The summed E-state index contributed by atoms with van der Waals surface area (Å²) in [6, 6.07) is 4.90. The van der Waals surface area contributed by atoms with Crippen molar-refractivity contribution in [2.45, 2.75) is 50.5 Å². The molecule has 106 valence electrons. The molecule has 0 spiro atoms. The third-order valence-corrected chi connectivity index (χ3v) is 5.19. The summed E-state index contributed by atoms with van der Waals surface area (Å²) in [5.41, 5.74) is 0.175. The molecule has 1 aromatic rings. The molecule has 0 bridgehead atoms. The molecule has 0 aromatic heterocycles. The molecule has 2 rings (SSSR count). The van der Waals surface area contributed by atoms with Gasteiger partial charge in [-0.05, 0) is 48.9 Å². The second kappa shape index (κ2) is 5.21. The zero-order valence-electron chi connectivity index (χ0n) is 11.3. The van der Waals surface area contributed by atoms with Gasteiger partial charge in [0, 0.05) is 6.04 Å². The van der Waals surface area contributed by atoms with Crippen LogP contribution in [0.5, 0.6) is 0 Å². The first kappa shape index (κ1) is 14.5. The van der Waals surface area contributed by atoms with Gasteiger partial charge in [0.1, 0.15) is 5.82 Å². The van der Waals surface area contributed by atoms with Gasteiger partial charge in [0.25, 0.3) is 0 Å². The van der Waals surface area contributed by atoms with Gasteiger partial charge in [-0.3, -0.25) is 0 Å². The van der Waals surface area contributed by atoms with E-state index < -0.39 is 15.8 Å². The Hall–Kier alpha value is -0.940. The van der Waals surface area contributed by atoms with Crippen molar-refractivity contribution in [2.75, 3.05) is 0 Å². The largest absolute Gasteiger partial charge is 0.240 e. The van der Waals surface area contributed by atoms with E-state index in [1.165, 1.54) is 24.3 Å². The molecule has 3 nitrogen and oxygen atoms in total. The smallest absolute Gasteiger partial charge is 0.208 e. The predicted molar refractivity (Wildman–Crippen MR) is 72.8 cm³/mol. The summed E-state index contributed by atoms with van der Waals surface area (Å²) in [6.45, 7) is 4.32. The summed E-state index contributed by atoms with van der Waals surface area (Å²) >= 11 is 0. The molecule has 1 fully saturated rings. The summed E-state index contributed by atoms with van der Waals surface area (Å²) in [4.78, 5) is 0.122. The van der Waals surface area contributed by atoms with Gasteiger partial charge >= 0.3 is 0 Å². The van der Waals surface area contributed by atoms with Crippen LogP contribution < -0.4 is 4.72 Å². The van der Waals surface area contributed by atoms with Crippen LogP contribution in [0.4, 0.5) is 4.39 Å². The lowest BCUT2D eigenvalue weighted by molar-refractivity contribution is 0.212. The van der Waals surface area contributed by atoms with Crippen molar-refractivity contribution < 1.29 is 12.8 Å². The minimum atomic E-state index is -3.54. The van der Waals surface area contributed by atoms with Crippen LogP contribution in [0.2, 0.25) is 0 Å². The van der Waals surface area contributed by atoms with E-state index in [1.807, 2.05) is 0 Å². The second-order valence-electron chi connectivity index (χ2n) is 6.03. The SMILES string of the molecule is CC1(C)CCCC(NS(=O)(=O)c2ccc(F)cc2)C1. The molecular formula is C14H20FNO2S. The standard InChI is InChI=1S/C14H20FNO2S/c1-14(2)9-3-4-12(10-14)16-19(17,18)13-7-5-11(15)6-8-13/h5-8,12,16H,3-4,9-10H2,1-2H3. The van der Waals surface area contributed by atoms with Gasteiger partial charge in [-0.25, -0.2) is 17.5 Å². The Morgan fingerprint density at radius 2 is 1.89 bits per heavy atom. The lowest BCUT2D eigenvalue weighted by atomic mass is 9.75. The Morgan fingerprint density at radius 3 is 2.47 bits per heavy atom. The van der Waals surface area contributed by atoms with Gasteiger partial charge in [-0.1, -0.05) is 20.3 Å². The Bertz CT molecular complexity index is 537. The van der Waals surface area contributed by atoms with E-state index in [2.05, 4.69) is 18.6 Å². The van der Waals surface area contributed by atoms with Gasteiger partial charge < -0.3 is 0 Å². The van der Waals surface area contributed by atoms with Crippen molar-refractivity contribution in [3.8, 4) is 0 Å². The molecule has 1 aliphatic rings. The summed E-state index contributed by atoms with van der Waals surface area (Å²) in [5, 5.41) is 0. The fraction of sp³-hybridized carbons (Fsp3) is 0.571. The normalized spacial score (nSPS) is 23.2. The molecule has 1 aliphatic carbocycles. The minimum absolute atomic E-state index is 0.0289. The van der Waals surface area contributed by atoms with Crippen molar-refractivity contribution >= 4 is 10.0 Å². The van der Waals surface area contributed by atoms with Crippen LogP contribution in [-0.2, 0) is 10.0 Å². The maximum Gasteiger partial charge on any atom is 0.240 e. The molecule has 0 saturated heterocycles. The summed E-state index contributed by atoms with van der Waals surface area (Å²) in [7, 11) is -3.54. The molecular weight excluding hydrogens is 265 g/mol. The Morgan fingerprint density at radius 1 is 1.26 bits per heavy atom. The fourth-order valence-corrected chi connectivity index (χ4v) is 3.97. The molecule has 19 heavy (non-hydrogen) atoms. The highest BCUT2D eigenvalue weighted by Gasteiger charge is 2.30. The van der Waals surface area contributed by atoms with Crippen LogP contribution >= 0.6 is 0 Å². The zero-order valence-corrected chi connectivity index (χ0v) is 12.1. The molecule has 5 heteroatoms. The third-order valence-electron chi connectivity index (χ3n) is 3.65. The van der Waals surface area contributed by atoms with Gasteiger partial charge in [0.15, 0.2) is 0 Å². The number of sulfonamides is 1. The van der Waals surface area contributed by atoms with Gasteiger partial charge in [0.05, 0.1) is 4.90 Å². The van der Waals surface area contributed by atoms with E-state index in [-0.39, 0.29) is 16.4 Å². The maximum atomic E-state index is 12.8. The molecule has 1 unspecified atom stereocenters. The Labute approximate surface area is 114 Å². The predicted octanol–water partition coefficient (Wildman–Crippen LogP) is 3.07. The highest BCUT2D eigenvalue weighted by molar-refractivity contribution is 7.89. The maximum absolute atomic E-state index is 12.8. The molecule has 0 aliphatic heterocycles. The van der Waals surface area contributed by atoms with Crippen molar-refractivity contribution in [3.63, 3.8) is 0 Å². The first-order valence-corrected chi connectivity index (χ1v) is 8.05. The number of halogens is 1. The highest BCUT2D eigenvalue weighted by Crippen LogP contribution is 2.35. The van der Waals surface area contributed by atoms with Crippen molar-refractivity contribution in [1.29, 1.82) is 0 Å². The van der Waals surface area contributed by atoms with Crippen LogP contribution in [0.3, 0.4) is 0 Å². The Balaban J connectivity index is 2.11. The van der Waals surface area contributed by atoms with Gasteiger partial charge in [-0.2, -0.15) is 0 Å². The lowest BCUT2D eigenvalue weighted by Crippen LogP contribution is -2.40. The average molecular weight is 285 g/mol. The van der Waals surface area contributed by atoms with E-state index in [9.17, 15) is 12.8 Å². The van der Waals surface area contributed by atoms with Gasteiger partial charge in [0.2, 0.25) is 10.0 Å². The van der Waals surface area contributed by atoms with E-state index >= 15 is 0 Å². The summed E-state index contributed by atoms with van der Waals surface area (Å²) < 4.78 is 39.9. The van der Waals surface area contributed by atoms with Crippen LogP contribution in [0.25, 0.3) is 0 Å². The second-order valence-corrected chi connectivity index (χ2v) is 7.75. The van der Waals surface area contributed by atoms with E-state index in [4.69, 9.17) is 0 Å². The van der Waals surface area contributed by atoms with Crippen LogP contribution in [0.15, 0.2) is 29.2 Å². The number of nitrogens with one attached hydrogen (secondary N) is 1. The third kappa shape index (κ3) is 3.76. The van der Waals surface area contributed by atoms with E-state index in [1.54, 1.807) is 0 Å². The summed E-state index contributed by atoms with van der Waals surface area (Å²) in [6.07, 6.45) is 3.86. The monoisotopic (exact) mass is 285 g/mol. The lowest BCUT2D eigenvalue weighted by Gasteiger charge is -2.35. The number of benzene rings is 1. The highest BCUT2D eigenvalue weighted by atomic mass is 32.2. The molecule has 0 amide bonds. The molecule has 1 N–H and O–H groups in total. The van der Waals surface area contributed by atoms with Crippen LogP contribution in [-0.4, -0.2) is 14.5 Å². The zero-order chi connectivity index (χ0) is 14.1. The van der Waals surface area contributed by atoms with Crippen LogP contribution in [0, 0.1) is 11.2 Å². The topological polar surface area (TPSA) is 46.2 Å². The van der Waals surface area contributed by atoms with Gasteiger partial charge in [-0.15, -0.1) is 0 Å². The molecule has 1 saturated carbocycles. The van der Waals surface area contributed by atoms with E-state index in [0.717, 1.165) is 25.7 Å². The van der Waals surface area contributed by atoms with Crippen LogP contribution in [0.1, 0.15) is 39.5 Å². The summed E-state index contributed by atoms with van der Waals surface area (Å²) in [5.74, 6) is -0.433. The quantitative estimate of drug-likeness (QED) is 0.927. The first-order chi connectivity index (χ1) is 8.78. The van der Waals surface area contributed by atoms with E-state index in [0.29, 0.717) is 0 Å². The number of hydrogen-bond donors (Lipinski definition) is 1. The molecule has 1 aromatic carbocycles. The average Bonchev–Trinajstić information content (AvgIpc) is 2.27. The first-order valence-electron chi connectivity index (χ1n) is 6.56. The minimum Gasteiger partial charge on any atom is -0.208 e. The molecule has 0 heterocycles. The number of rotatable bonds is 3. The van der Waals surface area contributed by atoms with Crippen molar-refractivity contribution in [2.24, 2.45) is 5.41 Å². The molecule has 0 radical (unpaired) electrons. The molecule has 1 atom stereocenters. The Kier molecular flexibility index (Phi) is 3.97. The van der Waals surface area contributed by atoms with Crippen molar-refractivity contribution in [1.82, 2.24) is 4.72 Å². The fourth-order valence-electron chi connectivity index (χ4n) is 2.70. The van der Waals surface area contributed by atoms with Crippen molar-refractivity contribution in [3.05, 3.63) is 30.1 Å².